The minimum absolute atomic E-state index is 0.931. The first-order chi connectivity index (χ1) is 8.79. The van der Waals surface area contributed by atoms with Gasteiger partial charge in [0.1, 0.15) is 0 Å². The minimum Gasteiger partial charge on any atom is -0.300 e. The maximum absolute atomic E-state index is 4.29. The highest BCUT2D eigenvalue weighted by molar-refractivity contribution is 5.10. The quantitative estimate of drug-likeness (QED) is 0.779. The van der Waals surface area contributed by atoms with Crippen LogP contribution < -0.4 is 0 Å². The van der Waals surface area contributed by atoms with E-state index in [-0.39, 0.29) is 0 Å². The van der Waals surface area contributed by atoms with Crippen LogP contribution in [-0.4, -0.2) is 33.3 Å². The molecule has 0 saturated carbocycles. The molecule has 2 aromatic rings. The van der Waals surface area contributed by atoms with Gasteiger partial charge >= 0.3 is 0 Å². The van der Waals surface area contributed by atoms with Crippen LogP contribution in [0, 0.1) is 0 Å². The molecule has 0 fully saturated rings. The van der Waals surface area contributed by atoms with Gasteiger partial charge in [-0.05, 0) is 44.2 Å². The van der Waals surface area contributed by atoms with E-state index in [2.05, 4.69) is 47.2 Å². The van der Waals surface area contributed by atoms with Crippen molar-refractivity contribution in [3.63, 3.8) is 0 Å². The van der Waals surface area contributed by atoms with E-state index < -0.39 is 0 Å². The average molecular weight is 244 g/mol. The molecule has 0 atom stereocenters. The number of nitrogens with zero attached hydrogens (tertiary/aromatic N) is 4. The lowest BCUT2D eigenvalue weighted by Gasteiger charge is -2.17. The molecule has 2 rings (SSSR count). The molecule has 2 heterocycles. The molecule has 0 N–H and O–H groups in total. The van der Waals surface area contributed by atoms with Gasteiger partial charge < -0.3 is 4.90 Å². The number of likely N-dealkylation sites (N-methyl/N-ethyl adjacent to an activating group) is 1. The Labute approximate surface area is 108 Å². The van der Waals surface area contributed by atoms with Crippen molar-refractivity contribution in [2.24, 2.45) is 0 Å². The Morgan fingerprint density at radius 2 is 1.94 bits per heavy atom. The molecule has 0 saturated heterocycles. The van der Waals surface area contributed by atoms with Crippen LogP contribution in [0.1, 0.15) is 18.2 Å². The fourth-order valence-electron chi connectivity index (χ4n) is 2.00. The lowest BCUT2D eigenvalue weighted by Crippen LogP contribution is -2.22. The van der Waals surface area contributed by atoms with Crippen molar-refractivity contribution in [1.82, 2.24) is 19.7 Å². The zero-order valence-electron chi connectivity index (χ0n) is 11.1. The first-order valence-electron chi connectivity index (χ1n) is 6.37. The second kappa shape index (κ2) is 6.31. The highest BCUT2D eigenvalue weighted by atomic mass is 15.3. The predicted molar refractivity (Wildman–Crippen MR) is 72.2 cm³/mol. The molecule has 4 heteroatoms. The molecule has 0 aliphatic rings. The summed E-state index contributed by atoms with van der Waals surface area (Å²) in [4.78, 5) is 6.35. The maximum Gasteiger partial charge on any atom is 0.0524 e. The molecule has 0 radical (unpaired) electrons. The van der Waals surface area contributed by atoms with Crippen LogP contribution in [-0.2, 0) is 19.5 Å². The van der Waals surface area contributed by atoms with E-state index in [1.165, 1.54) is 11.3 Å². The first-order valence-corrected chi connectivity index (χ1v) is 6.37. The molecule has 18 heavy (non-hydrogen) atoms. The minimum atomic E-state index is 0.931. The van der Waals surface area contributed by atoms with Crippen molar-refractivity contribution in [3.05, 3.63) is 48.0 Å². The number of rotatable bonds is 6. The van der Waals surface area contributed by atoms with Gasteiger partial charge in [-0.1, -0.05) is 0 Å². The Balaban J connectivity index is 1.84. The van der Waals surface area contributed by atoms with Gasteiger partial charge in [-0.3, -0.25) is 9.67 Å². The van der Waals surface area contributed by atoms with Crippen molar-refractivity contribution < 1.29 is 0 Å². The number of hydrogen-bond acceptors (Lipinski definition) is 3. The molecule has 0 aliphatic heterocycles. The zero-order valence-corrected chi connectivity index (χ0v) is 11.1. The second-order valence-electron chi connectivity index (χ2n) is 4.48. The SMILES string of the molecule is CCn1nccc1CN(C)CCc1ccncc1. The van der Waals surface area contributed by atoms with Crippen molar-refractivity contribution in [2.45, 2.75) is 26.4 Å². The van der Waals surface area contributed by atoms with E-state index in [9.17, 15) is 0 Å². The van der Waals surface area contributed by atoms with Crippen LogP contribution in [0.15, 0.2) is 36.8 Å². The fourth-order valence-corrected chi connectivity index (χ4v) is 2.00. The number of hydrogen-bond donors (Lipinski definition) is 0. The zero-order chi connectivity index (χ0) is 12.8. The van der Waals surface area contributed by atoms with Crippen LogP contribution in [0.25, 0.3) is 0 Å². The number of pyridine rings is 1. The summed E-state index contributed by atoms with van der Waals surface area (Å²) in [6, 6.07) is 6.24. The van der Waals surface area contributed by atoms with Gasteiger partial charge in [0, 0.05) is 38.2 Å². The van der Waals surface area contributed by atoms with E-state index >= 15 is 0 Å². The Kier molecular flexibility index (Phi) is 4.47. The molecular weight excluding hydrogens is 224 g/mol. The molecule has 0 unspecified atom stereocenters. The standard InChI is InChI=1S/C14H20N4/c1-3-18-14(6-10-16-18)12-17(2)11-7-13-4-8-15-9-5-13/h4-6,8-10H,3,7,11-12H2,1-2H3. The van der Waals surface area contributed by atoms with Crippen molar-refractivity contribution >= 4 is 0 Å². The lowest BCUT2D eigenvalue weighted by molar-refractivity contribution is 0.319. The normalized spacial score (nSPS) is 11.1. The van der Waals surface area contributed by atoms with Gasteiger partial charge in [-0.15, -0.1) is 0 Å². The van der Waals surface area contributed by atoms with E-state index in [0.29, 0.717) is 0 Å². The average Bonchev–Trinajstić information content (AvgIpc) is 2.85. The van der Waals surface area contributed by atoms with Gasteiger partial charge in [-0.2, -0.15) is 5.10 Å². The third-order valence-electron chi connectivity index (χ3n) is 3.07. The first kappa shape index (κ1) is 12.8. The monoisotopic (exact) mass is 244 g/mol. The fraction of sp³-hybridized carbons (Fsp3) is 0.429. The Hall–Kier alpha value is -1.68. The van der Waals surface area contributed by atoms with E-state index in [1.807, 2.05) is 23.3 Å². The van der Waals surface area contributed by atoms with Gasteiger partial charge in [0.2, 0.25) is 0 Å². The van der Waals surface area contributed by atoms with Crippen LogP contribution in [0.5, 0.6) is 0 Å². The van der Waals surface area contributed by atoms with E-state index in [0.717, 1.165) is 26.1 Å². The van der Waals surface area contributed by atoms with Crippen LogP contribution in [0.2, 0.25) is 0 Å². The molecule has 0 spiro atoms. The summed E-state index contributed by atoms with van der Waals surface area (Å²) in [6.07, 6.45) is 6.62. The van der Waals surface area contributed by atoms with E-state index in [4.69, 9.17) is 0 Å². The van der Waals surface area contributed by atoms with Crippen LogP contribution >= 0.6 is 0 Å². The van der Waals surface area contributed by atoms with Crippen molar-refractivity contribution in [1.29, 1.82) is 0 Å². The molecular formula is C14H20N4. The molecule has 96 valence electrons. The Bertz CT molecular complexity index is 464. The van der Waals surface area contributed by atoms with Crippen LogP contribution in [0.3, 0.4) is 0 Å². The summed E-state index contributed by atoms with van der Waals surface area (Å²) < 4.78 is 2.04. The summed E-state index contributed by atoms with van der Waals surface area (Å²) in [5.41, 5.74) is 2.61. The topological polar surface area (TPSA) is 34.0 Å². The third kappa shape index (κ3) is 3.40. The Morgan fingerprint density at radius 3 is 2.67 bits per heavy atom. The summed E-state index contributed by atoms with van der Waals surface area (Å²) in [6.45, 7) is 5.03. The van der Waals surface area contributed by atoms with Crippen molar-refractivity contribution in [2.75, 3.05) is 13.6 Å². The molecule has 2 aromatic heterocycles. The number of aryl methyl sites for hydroxylation is 1. The van der Waals surface area contributed by atoms with Gasteiger partial charge in [0.05, 0.1) is 5.69 Å². The molecule has 0 bridgehead atoms. The Morgan fingerprint density at radius 1 is 1.17 bits per heavy atom. The maximum atomic E-state index is 4.29. The largest absolute Gasteiger partial charge is 0.300 e. The second-order valence-corrected chi connectivity index (χ2v) is 4.48. The highest BCUT2D eigenvalue weighted by Gasteiger charge is 2.05. The summed E-state index contributed by atoms with van der Waals surface area (Å²) in [5, 5.41) is 4.29. The van der Waals surface area contributed by atoms with Gasteiger partial charge in [-0.25, -0.2) is 0 Å². The molecule has 4 nitrogen and oxygen atoms in total. The highest BCUT2D eigenvalue weighted by Crippen LogP contribution is 2.05. The smallest absolute Gasteiger partial charge is 0.0524 e. The molecule has 0 aromatic carbocycles. The molecule has 0 aliphatic carbocycles. The number of aromatic nitrogens is 3. The van der Waals surface area contributed by atoms with Crippen molar-refractivity contribution in [3.8, 4) is 0 Å². The molecule has 0 amide bonds. The summed E-state index contributed by atoms with van der Waals surface area (Å²) in [7, 11) is 2.15. The summed E-state index contributed by atoms with van der Waals surface area (Å²) in [5.74, 6) is 0. The van der Waals surface area contributed by atoms with Gasteiger partial charge in [0.15, 0.2) is 0 Å². The van der Waals surface area contributed by atoms with Gasteiger partial charge in [0.25, 0.3) is 0 Å². The van der Waals surface area contributed by atoms with E-state index in [1.54, 1.807) is 0 Å². The third-order valence-corrected chi connectivity index (χ3v) is 3.07. The predicted octanol–water partition coefficient (Wildman–Crippen LogP) is 1.97. The lowest BCUT2D eigenvalue weighted by atomic mass is 10.2. The summed E-state index contributed by atoms with van der Waals surface area (Å²) >= 11 is 0. The van der Waals surface area contributed by atoms with Crippen LogP contribution in [0.4, 0.5) is 0 Å².